The molecule has 0 bridgehead atoms. The van der Waals surface area contributed by atoms with Crippen molar-refractivity contribution in [3.63, 3.8) is 0 Å². The Bertz CT molecular complexity index is 1020. The van der Waals surface area contributed by atoms with Crippen LogP contribution in [0, 0.1) is 0 Å². The summed E-state index contributed by atoms with van der Waals surface area (Å²) >= 11 is 0. The average molecular weight is 345 g/mol. The minimum absolute atomic E-state index is 0.00422. The average Bonchev–Trinajstić information content (AvgIpc) is 3.10. The second kappa shape index (κ2) is 6.90. The standard InChI is InChI=1S/C21H19N3O2/c22-17-4-1-15(2-5-17)16-3-10-21-20(13-16)23-14-24(21)18-6-8-19(9-7-18)26-12-11-25/h1-10,13-14,25H,11-12,22H2. The largest absolute Gasteiger partial charge is 0.491 e. The fraction of sp³-hybridized carbons (Fsp3) is 0.0952. The van der Waals surface area contributed by atoms with E-state index in [0.29, 0.717) is 6.61 Å². The van der Waals surface area contributed by atoms with Gasteiger partial charge in [0.05, 0.1) is 17.6 Å². The zero-order valence-electron chi connectivity index (χ0n) is 14.2. The van der Waals surface area contributed by atoms with Crippen LogP contribution < -0.4 is 10.5 Å². The van der Waals surface area contributed by atoms with Gasteiger partial charge < -0.3 is 15.6 Å². The van der Waals surface area contributed by atoms with Gasteiger partial charge in [-0.3, -0.25) is 4.57 Å². The summed E-state index contributed by atoms with van der Waals surface area (Å²) in [6, 6.07) is 21.8. The number of anilines is 1. The molecule has 0 aliphatic heterocycles. The minimum Gasteiger partial charge on any atom is -0.491 e. The Morgan fingerprint density at radius 2 is 1.65 bits per heavy atom. The number of hydrogen-bond donors (Lipinski definition) is 2. The fourth-order valence-corrected chi connectivity index (χ4v) is 2.94. The lowest BCUT2D eigenvalue weighted by atomic mass is 10.0. The molecule has 1 aromatic heterocycles. The lowest BCUT2D eigenvalue weighted by Gasteiger charge is -2.08. The Hall–Kier alpha value is -3.31. The van der Waals surface area contributed by atoms with Crippen LogP contribution in [-0.4, -0.2) is 27.9 Å². The van der Waals surface area contributed by atoms with Gasteiger partial charge >= 0.3 is 0 Å². The summed E-state index contributed by atoms with van der Waals surface area (Å²) in [5, 5.41) is 8.83. The van der Waals surface area contributed by atoms with Gasteiger partial charge in [-0.15, -0.1) is 0 Å². The zero-order chi connectivity index (χ0) is 17.9. The minimum atomic E-state index is 0.00422. The van der Waals surface area contributed by atoms with Crippen molar-refractivity contribution in [3.05, 3.63) is 73.1 Å². The van der Waals surface area contributed by atoms with Crippen molar-refractivity contribution in [1.82, 2.24) is 9.55 Å². The van der Waals surface area contributed by atoms with Gasteiger partial charge in [-0.25, -0.2) is 4.98 Å². The quantitative estimate of drug-likeness (QED) is 0.542. The third-order valence-corrected chi connectivity index (χ3v) is 4.27. The van der Waals surface area contributed by atoms with E-state index in [1.165, 1.54) is 0 Å². The van der Waals surface area contributed by atoms with Crippen molar-refractivity contribution in [3.8, 4) is 22.6 Å². The first-order valence-corrected chi connectivity index (χ1v) is 8.42. The summed E-state index contributed by atoms with van der Waals surface area (Å²) in [5.74, 6) is 0.734. The first-order chi connectivity index (χ1) is 12.7. The number of rotatable bonds is 5. The fourth-order valence-electron chi connectivity index (χ4n) is 2.94. The van der Waals surface area contributed by atoms with Crippen molar-refractivity contribution >= 4 is 16.7 Å². The van der Waals surface area contributed by atoms with Crippen molar-refractivity contribution < 1.29 is 9.84 Å². The van der Waals surface area contributed by atoms with Crippen LogP contribution >= 0.6 is 0 Å². The van der Waals surface area contributed by atoms with Crippen LogP contribution in [0.2, 0.25) is 0 Å². The third-order valence-electron chi connectivity index (χ3n) is 4.27. The summed E-state index contributed by atoms with van der Waals surface area (Å²) in [7, 11) is 0. The number of benzene rings is 3. The maximum atomic E-state index is 8.83. The third kappa shape index (κ3) is 3.12. The molecule has 4 aromatic rings. The number of fused-ring (bicyclic) bond motifs is 1. The van der Waals surface area contributed by atoms with E-state index < -0.39 is 0 Å². The van der Waals surface area contributed by atoms with E-state index in [1.807, 2.05) is 59.4 Å². The first kappa shape index (κ1) is 16.2. The topological polar surface area (TPSA) is 73.3 Å². The van der Waals surface area contributed by atoms with Crippen molar-refractivity contribution in [2.75, 3.05) is 18.9 Å². The Balaban J connectivity index is 1.66. The van der Waals surface area contributed by atoms with Gasteiger partial charge in [0, 0.05) is 11.4 Å². The number of nitrogens with two attached hydrogens (primary N) is 1. The van der Waals surface area contributed by atoms with E-state index in [-0.39, 0.29) is 6.61 Å². The predicted octanol–water partition coefficient (Wildman–Crippen LogP) is 3.65. The van der Waals surface area contributed by atoms with Gasteiger partial charge in [-0.2, -0.15) is 0 Å². The normalized spacial score (nSPS) is 11.0. The summed E-state index contributed by atoms with van der Waals surface area (Å²) in [6.07, 6.45) is 1.82. The molecule has 3 aromatic carbocycles. The highest BCUT2D eigenvalue weighted by Gasteiger charge is 2.07. The molecule has 130 valence electrons. The van der Waals surface area contributed by atoms with E-state index in [2.05, 4.69) is 23.2 Å². The van der Waals surface area contributed by atoms with Crippen LogP contribution in [0.5, 0.6) is 5.75 Å². The highest BCUT2D eigenvalue weighted by atomic mass is 16.5. The first-order valence-electron chi connectivity index (χ1n) is 8.42. The molecule has 5 heteroatoms. The van der Waals surface area contributed by atoms with Crippen molar-refractivity contribution in [2.45, 2.75) is 0 Å². The number of aliphatic hydroxyl groups excluding tert-OH is 1. The molecule has 0 atom stereocenters. The van der Waals surface area contributed by atoms with Crippen LogP contribution in [0.1, 0.15) is 0 Å². The number of aromatic nitrogens is 2. The van der Waals surface area contributed by atoms with Gasteiger partial charge in [-0.1, -0.05) is 18.2 Å². The number of ether oxygens (including phenoxy) is 1. The maximum absolute atomic E-state index is 8.83. The van der Waals surface area contributed by atoms with Crippen LogP contribution in [0.3, 0.4) is 0 Å². The van der Waals surface area contributed by atoms with E-state index >= 15 is 0 Å². The zero-order valence-corrected chi connectivity index (χ0v) is 14.2. The summed E-state index contributed by atoms with van der Waals surface area (Å²) in [6.45, 7) is 0.297. The van der Waals surface area contributed by atoms with E-state index in [9.17, 15) is 0 Å². The molecule has 4 rings (SSSR count). The molecule has 1 heterocycles. The molecule has 0 aliphatic carbocycles. The van der Waals surface area contributed by atoms with Gasteiger partial charge in [0.2, 0.25) is 0 Å². The van der Waals surface area contributed by atoms with Gasteiger partial charge in [0.15, 0.2) is 0 Å². The Morgan fingerprint density at radius 1 is 0.923 bits per heavy atom. The molecule has 0 aliphatic rings. The monoisotopic (exact) mass is 345 g/mol. The van der Waals surface area contributed by atoms with Crippen LogP contribution in [0.4, 0.5) is 5.69 Å². The lowest BCUT2D eigenvalue weighted by molar-refractivity contribution is 0.201. The summed E-state index contributed by atoms with van der Waals surface area (Å²) in [4.78, 5) is 4.54. The number of nitrogens with zero attached hydrogens (tertiary/aromatic N) is 2. The second-order valence-electron chi connectivity index (χ2n) is 6.01. The molecule has 0 radical (unpaired) electrons. The van der Waals surface area contributed by atoms with Crippen LogP contribution in [-0.2, 0) is 0 Å². The van der Waals surface area contributed by atoms with E-state index in [1.54, 1.807) is 0 Å². The van der Waals surface area contributed by atoms with Crippen molar-refractivity contribution in [2.24, 2.45) is 0 Å². The Morgan fingerprint density at radius 3 is 2.38 bits per heavy atom. The molecule has 0 amide bonds. The van der Waals surface area contributed by atoms with E-state index in [4.69, 9.17) is 15.6 Å². The molecule has 0 unspecified atom stereocenters. The van der Waals surface area contributed by atoms with Crippen LogP contribution in [0.15, 0.2) is 73.1 Å². The van der Waals surface area contributed by atoms with E-state index in [0.717, 1.165) is 39.3 Å². The molecular formula is C21H19N3O2. The summed E-state index contributed by atoms with van der Waals surface area (Å²) in [5.41, 5.74) is 11.7. The molecule has 0 saturated carbocycles. The highest BCUT2D eigenvalue weighted by Crippen LogP contribution is 2.26. The summed E-state index contributed by atoms with van der Waals surface area (Å²) < 4.78 is 7.44. The molecule has 5 nitrogen and oxygen atoms in total. The predicted molar refractivity (Wildman–Crippen MR) is 103 cm³/mol. The van der Waals surface area contributed by atoms with Crippen molar-refractivity contribution in [1.29, 1.82) is 0 Å². The van der Waals surface area contributed by atoms with Gasteiger partial charge in [-0.05, 0) is 59.7 Å². The molecule has 0 saturated heterocycles. The highest BCUT2D eigenvalue weighted by molar-refractivity contribution is 5.83. The molecule has 26 heavy (non-hydrogen) atoms. The van der Waals surface area contributed by atoms with Gasteiger partial charge in [0.1, 0.15) is 18.7 Å². The molecule has 0 spiro atoms. The number of hydrogen-bond acceptors (Lipinski definition) is 4. The number of aliphatic hydroxyl groups is 1. The van der Waals surface area contributed by atoms with Gasteiger partial charge in [0.25, 0.3) is 0 Å². The lowest BCUT2D eigenvalue weighted by Crippen LogP contribution is -2.01. The smallest absolute Gasteiger partial charge is 0.119 e. The molecular weight excluding hydrogens is 326 g/mol. The SMILES string of the molecule is Nc1ccc(-c2ccc3c(c2)ncn3-c2ccc(OCCO)cc2)cc1. The Labute approximate surface area is 151 Å². The second-order valence-corrected chi connectivity index (χ2v) is 6.01. The number of nitrogen functional groups attached to an aromatic ring is 1. The maximum Gasteiger partial charge on any atom is 0.119 e. The Kier molecular flexibility index (Phi) is 4.29. The molecule has 3 N–H and O–H groups in total. The van der Waals surface area contributed by atoms with Crippen LogP contribution in [0.25, 0.3) is 27.8 Å². The molecule has 0 fully saturated rings. The number of imidazole rings is 1.